The van der Waals surface area contributed by atoms with Crippen LogP contribution < -0.4 is 0 Å². The van der Waals surface area contributed by atoms with E-state index in [-0.39, 0.29) is 0 Å². The molecular formula is C27H29N. The molecule has 0 radical (unpaired) electrons. The van der Waals surface area contributed by atoms with E-state index in [1.54, 1.807) is 0 Å². The fourth-order valence-electron chi connectivity index (χ4n) is 5.99. The van der Waals surface area contributed by atoms with Crippen LogP contribution in [0.2, 0.25) is 0 Å². The third-order valence-electron chi connectivity index (χ3n) is 8.27. The fraction of sp³-hybridized carbons (Fsp3) is 0.370. The maximum atomic E-state index is 4.57. The first-order chi connectivity index (χ1) is 13.5. The van der Waals surface area contributed by atoms with Crippen LogP contribution in [0.3, 0.4) is 0 Å². The molecule has 2 aliphatic carbocycles. The zero-order chi connectivity index (χ0) is 19.4. The summed E-state index contributed by atoms with van der Waals surface area (Å²) in [4.78, 5) is 4.57. The van der Waals surface area contributed by atoms with Gasteiger partial charge in [0, 0.05) is 11.8 Å². The molecule has 0 spiro atoms. The van der Waals surface area contributed by atoms with Crippen molar-refractivity contribution in [1.82, 2.24) is 4.98 Å². The van der Waals surface area contributed by atoms with Gasteiger partial charge in [0.25, 0.3) is 0 Å². The lowest BCUT2D eigenvalue weighted by atomic mass is 9.65. The topological polar surface area (TPSA) is 12.9 Å². The molecule has 5 rings (SSSR count). The van der Waals surface area contributed by atoms with Crippen LogP contribution in [0, 0.1) is 16.7 Å². The Labute approximate surface area is 168 Å². The highest BCUT2D eigenvalue weighted by atomic mass is 14.7. The standard InChI is InChI=1S/C27H29N/c1-26(2)23-13-15-27(26,3)24(18-23)20-11-9-19(10-12-20)22-14-16-28-25(17-22)21-7-5-4-6-8-21/h4-12,14,16-17,23-24H,13,15,18H2,1-3H3. The molecule has 2 saturated carbocycles. The van der Waals surface area contributed by atoms with E-state index in [4.69, 9.17) is 0 Å². The van der Waals surface area contributed by atoms with E-state index in [9.17, 15) is 0 Å². The van der Waals surface area contributed by atoms with Crippen molar-refractivity contribution in [2.45, 2.75) is 46.0 Å². The smallest absolute Gasteiger partial charge is 0.0708 e. The van der Waals surface area contributed by atoms with E-state index in [1.807, 2.05) is 12.3 Å². The first kappa shape index (κ1) is 17.7. The van der Waals surface area contributed by atoms with Crippen molar-refractivity contribution in [3.05, 3.63) is 78.5 Å². The number of pyridine rings is 1. The summed E-state index contributed by atoms with van der Waals surface area (Å²) in [7, 11) is 0. The summed E-state index contributed by atoms with van der Waals surface area (Å²) < 4.78 is 0. The quantitative estimate of drug-likeness (QED) is 0.472. The summed E-state index contributed by atoms with van der Waals surface area (Å²) in [5, 5.41) is 0. The molecule has 0 aliphatic heterocycles. The third-order valence-corrected chi connectivity index (χ3v) is 8.27. The Morgan fingerprint density at radius 2 is 1.57 bits per heavy atom. The van der Waals surface area contributed by atoms with Crippen LogP contribution in [0.1, 0.15) is 51.5 Å². The van der Waals surface area contributed by atoms with Gasteiger partial charge in [-0.3, -0.25) is 4.98 Å². The Hall–Kier alpha value is -2.41. The molecule has 0 N–H and O–H groups in total. The van der Waals surface area contributed by atoms with Gasteiger partial charge in [0.1, 0.15) is 0 Å². The number of hydrogen-bond acceptors (Lipinski definition) is 1. The van der Waals surface area contributed by atoms with Crippen molar-refractivity contribution in [2.75, 3.05) is 0 Å². The molecule has 2 aromatic carbocycles. The van der Waals surface area contributed by atoms with Gasteiger partial charge >= 0.3 is 0 Å². The maximum absolute atomic E-state index is 4.57. The molecule has 1 nitrogen and oxygen atoms in total. The van der Waals surface area contributed by atoms with Crippen LogP contribution in [0.25, 0.3) is 22.4 Å². The van der Waals surface area contributed by atoms with E-state index in [2.05, 4.69) is 86.4 Å². The summed E-state index contributed by atoms with van der Waals surface area (Å²) in [6.45, 7) is 7.54. The van der Waals surface area contributed by atoms with Gasteiger partial charge in [0.15, 0.2) is 0 Å². The van der Waals surface area contributed by atoms with Crippen LogP contribution in [-0.2, 0) is 0 Å². The molecule has 3 unspecified atom stereocenters. The monoisotopic (exact) mass is 367 g/mol. The van der Waals surface area contributed by atoms with E-state index in [0.717, 1.165) is 17.2 Å². The lowest BCUT2D eigenvalue weighted by molar-refractivity contribution is 0.134. The van der Waals surface area contributed by atoms with Crippen molar-refractivity contribution in [2.24, 2.45) is 16.7 Å². The predicted molar refractivity (Wildman–Crippen MR) is 117 cm³/mol. The molecule has 2 bridgehead atoms. The fourth-order valence-corrected chi connectivity index (χ4v) is 5.99. The number of aromatic nitrogens is 1. The first-order valence-electron chi connectivity index (χ1n) is 10.6. The zero-order valence-electron chi connectivity index (χ0n) is 17.2. The second-order valence-corrected chi connectivity index (χ2v) is 9.58. The Kier molecular flexibility index (Phi) is 3.98. The predicted octanol–water partition coefficient (Wildman–Crippen LogP) is 7.35. The van der Waals surface area contributed by atoms with Crippen LogP contribution in [0.4, 0.5) is 0 Å². The molecule has 3 aromatic rings. The summed E-state index contributed by atoms with van der Waals surface area (Å²) >= 11 is 0. The normalized spacial score (nSPS) is 27.8. The lowest BCUT2D eigenvalue weighted by Crippen LogP contribution is -2.31. The molecule has 0 amide bonds. The lowest BCUT2D eigenvalue weighted by Gasteiger charge is -2.39. The number of fused-ring (bicyclic) bond motifs is 2. The van der Waals surface area contributed by atoms with E-state index in [0.29, 0.717) is 16.7 Å². The summed E-state index contributed by atoms with van der Waals surface area (Å²) in [6, 6.07) is 24.1. The second kappa shape index (κ2) is 6.30. The number of hydrogen-bond donors (Lipinski definition) is 0. The van der Waals surface area contributed by atoms with Gasteiger partial charge in [-0.2, -0.15) is 0 Å². The van der Waals surface area contributed by atoms with Gasteiger partial charge in [-0.15, -0.1) is 0 Å². The zero-order valence-corrected chi connectivity index (χ0v) is 17.2. The Bertz CT molecular complexity index is 986. The Morgan fingerprint density at radius 1 is 0.821 bits per heavy atom. The van der Waals surface area contributed by atoms with E-state index >= 15 is 0 Å². The average molecular weight is 368 g/mol. The highest BCUT2D eigenvalue weighted by molar-refractivity contribution is 5.70. The molecule has 2 fully saturated rings. The van der Waals surface area contributed by atoms with Gasteiger partial charge < -0.3 is 0 Å². The van der Waals surface area contributed by atoms with Gasteiger partial charge in [-0.1, -0.05) is 75.4 Å². The Morgan fingerprint density at radius 3 is 2.21 bits per heavy atom. The highest BCUT2D eigenvalue weighted by Crippen LogP contribution is 2.70. The molecule has 3 atom stereocenters. The number of rotatable bonds is 3. The highest BCUT2D eigenvalue weighted by Gasteiger charge is 2.61. The van der Waals surface area contributed by atoms with Crippen LogP contribution >= 0.6 is 0 Å². The minimum Gasteiger partial charge on any atom is -0.256 e. The van der Waals surface area contributed by atoms with Crippen LogP contribution in [-0.4, -0.2) is 4.98 Å². The molecule has 1 heterocycles. The minimum absolute atomic E-state index is 0.441. The van der Waals surface area contributed by atoms with Crippen LogP contribution in [0.5, 0.6) is 0 Å². The van der Waals surface area contributed by atoms with Crippen LogP contribution in [0.15, 0.2) is 72.9 Å². The molecular weight excluding hydrogens is 338 g/mol. The molecule has 28 heavy (non-hydrogen) atoms. The van der Waals surface area contributed by atoms with Crippen molar-refractivity contribution < 1.29 is 0 Å². The van der Waals surface area contributed by atoms with E-state index < -0.39 is 0 Å². The SMILES string of the molecule is CC1(C)C2CCC1(C)C(c1ccc(-c3ccnc(-c4ccccc4)c3)cc1)C2. The van der Waals surface area contributed by atoms with Crippen molar-refractivity contribution >= 4 is 0 Å². The molecule has 2 aliphatic rings. The summed E-state index contributed by atoms with van der Waals surface area (Å²) in [5.41, 5.74) is 7.14. The first-order valence-corrected chi connectivity index (χ1v) is 10.6. The van der Waals surface area contributed by atoms with Gasteiger partial charge in [-0.25, -0.2) is 0 Å². The van der Waals surface area contributed by atoms with Gasteiger partial charge in [0.05, 0.1) is 5.69 Å². The van der Waals surface area contributed by atoms with Crippen molar-refractivity contribution in [3.8, 4) is 22.4 Å². The third kappa shape index (κ3) is 2.56. The average Bonchev–Trinajstić information content (AvgIpc) is 3.08. The summed E-state index contributed by atoms with van der Waals surface area (Å²) in [5.74, 6) is 1.59. The number of nitrogens with zero attached hydrogens (tertiary/aromatic N) is 1. The summed E-state index contributed by atoms with van der Waals surface area (Å²) in [6.07, 6.45) is 6.07. The number of benzene rings is 2. The second-order valence-electron chi connectivity index (χ2n) is 9.58. The van der Waals surface area contributed by atoms with Gasteiger partial charge in [0.2, 0.25) is 0 Å². The molecule has 0 saturated heterocycles. The van der Waals surface area contributed by atoms with Crippen molar-refractivity contribution in [1.29, 1.82) is 0 Å². The largest absolute Gasteiger partial charge is 0.256 e. The minimum atomic E-state index is 0.441. The molecule has 142 valence electrons. The van der Waals surface area contributed by atoms with Gasteiger partial charge in [-0.05, 0) is 70.8 Å². The molecule has 1 aromatic heterocycles. The van der Waals surface area contributed by atoms with Crippen molar-refractivity contribution in [3.63, 3.8) is 0 Å². The molecule has 1 heteroatoms. The van der Waals surface area contributed by atoms with E-state index in [1.165, 1.54) is 36.0 Å². The maximum Gasteiger partial charge on any atom is 0.0708 e. The Balaban J connectivity index is 1.44.